The van der Waals surface area contributed by atoms with Gasteiger partial charge in [0.25, 0.3) is 30.4 Å². The highest BCUT2D eigenvalue weighted by molar-refractivity contribution is 7.94. The molecule has 0 aliphatic rings. The van der Waals surface area contributed by atoms with Crippen molar-refractivity contribution in [2.75, 3.05) is 16.0 Å². The second kappa shape index (κ2) is 14.6. The summed E-state index contributed by atoms with van der Waals surface area (Å²) in [7, 11) is -19.1. The maximum Gasteiger partial charge on any atom is 0.316 e. The minimum absolute atomic E-state index is 0.00160. The Hall–Kier alpha value is -5.67. The zero-order valence-corrected chi connectivity index (χ0v) is 30.5. The van der Waals surface area contributed by atoms with Gasteiger partial charge in [-0.05, 0) is 83.7 Å². The number of primary amides is 1. The molecule has 1 aromatic heterocycles. The van der Waals surface area contributed by atoms with E-state index in [-0.39, 0.29) is 39.1 Å². The molecule has 282 valence electrons. The fraction of sp³-hybridized carbons (Fsp3) is 0. The number of fused-ring (bicyclic) bond motifs is 1. The Kier molecular flexibility index (Phi) is 10.7. The topological polar surface area (TPSA) is 340 Å². The van der Waals surface area contributed by atoms with E-state index < -0.39 is 77.4 Å². The van der Waals surface area contributed by atoms with Crippen LogP contribution in [0.3, 0.4) is 0 Å². The van der Waals surface area contributed by atoms with Gasteiger partial charge >= 0.3 is 6.03 Å². The standard InChI is InChI=1S/C28H22ClN9O12S4/c1-2-51(40,41)17-6-3-15(4-7-17)31-27-34-25(29)35-28(36-27)32-16-5-8-20(21(11-16)33-26(30)39)37-38-22-13-19-14(10-24(22)54(48,49)50)9-18(52(42,43)44)12-23(19)53(45,46)47/h2-13H,1H2,(H3,30,33,39)(H,42,43,44)(H,45,46,47)(H,48,49,50)(H2,31,32,34,35,36). The monoisotopic (exact) mass is 839 g/mol. The predicted molar refractivity (Wildman–Crippen MR) is 192 cm³/mol. The van der Waals surface area contributed by atoms with Crippen LogP contribution in [0.2, 0.25) is 5.28 Å². The third kappa shape index (κ3) is 9.27. The average Bonchev–Trinajstić information content (AvgIpc) is 3.05. The van der Waals surface area contributed by atoms with Crippen LogP contribution in [0, 0.1) is 0 Å². The molecule has 0 spiro atoms. The first-order valence-electron chi connectivity index (χ1n) is 14.1. The van der Waals surface area contributed by atoms with Gasteiger partial charge in [-0.15, -0.1) is 10.2 Å². The Morgan fingerprint density at radius 1 is 0.704 bits per heavy atom. The number of halogens is 1. The fourth-order valence-corrected chi connectivity index (χ4v) is 7.41. The number of urea groups is 1. The Labute approximate surface area is 310 Å². The van der Waals surface area contributed by atoms with Gasteiger partial charge in [0.05, 0.1) is 15.5 Å². The summed E-state index contributed by atoms with van der Waals surface area (Å²) in [5, 5.41) is 15.2. The summed E-state index contributed by atoms with van der Waals surface area (Å²) >= 11 is 6.08. The molecule has 21 nitrogen and oxygen atoms in total. The van der Waals surface area contributed by atoms with Crippen LogP contribution >= 0.6 is 11.6 Å². The molecule has 0 fully saturated rings. The summed E-state index contributed by atoms with van der Waals surface area (Å²) in [4.78, 5) is 20.9. The van der Waals surface area contributed by atoms with Gasteiger partial charge in [-0.2, -0.15) is 40.2 Å². The van der Waals surface area contributed by atoms with E-state index in [4.69, 9.17) is 17.3 Å². The molecular weight excluding hydrogens is 818 g/mol. The highest BCUT2D eigenvalue weighted by Crippen LogP contribution is 2.37. The van der Waals surface area contributed by atoms with Crippen molar-refractivity contribution in [3.8, 4) is 0 Å². The van der Waals surface area contributed by atoms with Crippen molar-refractivity contribution in [1.29, 1.82) is 0 Å². The molecule has 54 heavy (non-hydrogen) atoms. The highest BCUT2D eigenvalue weighted by atomic mass is 35.5. The maximum atomic E-state index is 12.3. The quantitative estimate of drug-likeness (QED) is 0.0659. The molecule has 5 aromatic rings. The van der Waals surface area contributed by atoms with Crippen molar-refractivity contribution >= 4 is 109 Å². The molecule has 0 aliphatic heterocycles. The lowest BCUT2D eigenvalue weighted by molar-refractivity contribution is 0.259. The number of azo groups is 1. The van der Waals surface area contributed by atoms with Crippen LogP contribution in [0.5, 0.6) is 0 Å². The molecule has 8 N–H and O–H groups in total. The zero-order chi connectivity index (χ0) is 39.8. The summed E-state index contributed by atoms with van der Waals surface area (Å²) in [6.45, 7) is 3.27. The maximum absolute atomic E-state index is 12.3. The number of carbonyl (C=O) groups excluding carboxylic acids is 1. The van der Waals surface area contributed by atoms with E-state index in [9.17, 15) is 52.1 Å². The smallest absolute Gasteiger partial charge is 0.316 e. The van der Waals surface area contributed by atoms with Crippen LogP contribution in [0.25, 0.3) is 10.8 Å². The van der Waals surface area contributed by atoms with Gasteiger partial charge in [0.1, 0.15) is 21.2 Å². The van der Waals surface area contributed by atoms with E-state index in [0.29, 0.717) is 23.9 Å². The number of nitrogens with zero attached hydrogens (tertiary/aromatic N) is 5. The Morgan fingerprint density at radius 3 is 1.83 bits per heavy atom. The highest BCUT2D eigenvalue weighted by Gasteiger charge is 2.25. The minimum atomic E-state index is -5.20. The normalized spacial score (nSPS) is 12.4. The Bertz CT molecular complexity index is 2860. The molecule has 4 aromatic carbocycles. The van der Waals surface area contributed by atoms with Crippen molar-refractivity contribution < 1.29 is 52.1 Å². The van der Waals surface area contributed by atoms with E-state index in [2.05, 4.69) is 47.7 Å². The molecule has 5 rings (SSSR count). The molecular formula is C28H22ClN9O12S4. The van der Waals surface area contributed by atoms with Crippen LogP contribution < -0.4 is 21.7 Å². The largest absolute Gasteiger partial charge is 0.351 e. The number of sulfone groups is 1. The van der Waals surface area contributed by atoms with Gasteiger partial charge in [0.15, 0.2) is 9.84 Å². The molecule has 1 heterocycles. The predicted octanol–water partition coefficient (Wildman–Crippen LogP) is 4.73. The summed E-state index contributed by atoms with van der Waals surface area (Å²) < 4.78 is 125. The van der Waals surface area contributed by atoms with E-state index in [1.54, 1.807) is 0 Å². The van der Waals surface area contributed by atoms with Crippen molar-refractivity contribution in [3.63, 3.8) is 0 Å². The zero-order valence-electron chi connectivity index (χ0n) is 26.5. The van der Waals surface area contributed by atoms with Gasteiger partial charge < -0.3 is 21.7 Å². The fourth-order valence-electron chi connectivity index (χ4n) is 4.55. The van der Waals surface area contributed by atoms with Crippen LogP contribution in [0.15, 0.2) is 109 Å². The second-order valence-electron chi connectivity index (χ2n) is 10.5. The number of carbonyl (C=O) groups is 1. The molecule has 0 unspecified atom stereocenters. The number of anilines is 5. The molecule has 0 saturated carbocycles. The number of nitrogens with one attached hydrogen (secondary N) is 3. The lowest BCUT2D eigenvalue weighted by Crippen LogP contribution is -2.19. The summed E-state index contributed by atoms with van der Waals surface area (Å²) in [5.74, 6) is -0.183. The van der Waals surface area contributed by atoms with Crippen molar-refractivity contribution in [2.45, 2.75) is 19.6 Å². The minimum Gasteiger partial charge on any atom is -0.351 e. The first-order valence-corrected chi connectivity index (χ1v) is 20.4. The van der Waals surface area contributed by atoms with E-state index >= 15 is 0 Å². The van der Waals surface area contributed by atoms with E-state index in [1.807, 2.05) is 0 Å². The van der Waals surface area contributed by atoms with Crippen molar-refractivity contribution in [3.05, 3.63) is 84.0 Å². The van der Waals surface area contributed by atoms with Crippen LogP contribution in [-0.4, -0.2) is 68.3 Å². The lowest BCUT2D eigenvalue weighted by Gasteiger charge is -2.12. The number of aromatic nitrogens is 3. The van der Waals surface area contributed by atoms with Gasteiger partial charge in [0, 0.05) is 22.2 Å². The Morgan fingerprint density at radius 2 is 1.28 bits per heavy atom. The van der Waals surface area contributed by atoms with E-state index in [0.717, 1.165) is 11.5 Å². The number of benzene rings is 4. The van der Waals surface area contributed by atoms with Crippen LogP contribution in [0.1, 0.15) is 0 Å². The van der Waals surface area contributed by atoms with Crippen LogP contribution in [-0.2, 0) is 40.2 Å². The molecule has 0 bridgehead atoms. The van der Waals surface area contributed by atoms with E-state index in [1.165, 1.54) is 42.5 Å². The molecule has 0 atom stereocenters. The Balaban J connectivity index is 1.51. The second-order valence-corrected chi connectivity index (χ2v) is 17.0. The van der Waals surface area contributed by atoms with Crippen LogP contribution in [0.4, 0.5) is 45.1 Å². The number of amides is 2. The molecule has 0 saturated heterocycles. The SMILES string of the molecule is C=CS(=O)(=O)c1ccc(Nc2nc(Cl)nc(Nc3ccc(N=Nc4cc5c(S(=O)(=O)O)cc(S(=O)(=O)O)cc5cc4S(=O)(=O)O)c(NC(N)=O)c3)n2)cc1. The lowest BCUT2D eigenvalue weighted by atomic mass is 10.1. The summed E-state index contributed by atoms with van der Waals surface area (Å²) in [5.41, 5.74) is 4.84. The van der Waals surface area contributed by atoms with Gasteiger partial charge in [-0.25, -0.2) is 13.2 Å². The number of rotatable bonds is 12. The number of hydrogen-bond acceptors (Lipinski definition) is 16. The van der Waals surface area contributed by atoms with Gasteiger partial charge in [-0.1, -0.05) is 6.58 Å². The first kappa shape index (κ1) is 39.5. The average molecular weight is 840 g/mol. The van der Waals surface area contributed by atoms with Crippen molar-refractivity contribution in [2.24, 2.45) is 16.0 Å². The molecule has 26 heteroatoms. The summed E-state index contributed by atoms with van der Waals surface area (Å²) in [6, 6.07) is 10.8. The molecule has 0 aliphatic carbocycles. The number of hydrogen-bond donors (Lipinski definition) is 7. The molecule has 2 amide bonds. The third-order valence-electron chi connectivity index (χ3n) is 6.86. The van der Waals surface area contributed by atoms with Gasteiger partial charge in [-0.3, -0.25) is 13.7 Å². The summed E-state index contributed by atoms with van der Waals surface area (Å²) in [6.07, 6.45) is 0. The van der Waals surface area contributed by atoms with Crippen molar-refractivity contribution in [1.82, 2.24) is 15.0 Å². The molecule has 0 radical (unpaired) electrons. The van der Waals surface area contributed by atoms with Gasteiger partial charge in [0.2, 0.25) is 17.2 Å². The third-order valence-corrected chi connectivity index (χ3v) is 11.0. The number of nitrogens with two attached hydrogens (primary N) is 1. The first-order chi connectivity index (χ1) is 25.0.